The van der Waals surface area contributed by atoms with Crippen molar-refractivity contribution < 1.29 is 56.3 Å². The largest absolute Gasteiger partial charge is 0.490 e. The number of H-pyrrole nitrogens is 1. The first-order valence-electron chi connectivity index (χ1n) is 6.49. The molecule has 1 saturated heterocycles. The molecule has 1 aliphatic heterocycles. The number of hydrogen-bond acceptors (Lipinski definition) is 10. The minimum absolute atomic E-state index is 0.500. The molecule has 0 atom stereocenters. The summed E-state index contributed by atoms with van der Waals surface area (Å²) in [4.78, 5) is 54.7. The Labute approximate surface area is 150 Å². The summed E-state index contributed by atoms with van der Waals surface area (Å²) in [5.74, 6) is 0. The lowest BCUT2D eigenvalue weighted by atomic mass is 10.6. The van der Waals surface area contributed by atoms with E-state index in [-0.39, 0.29) is 0 Å². The van der Waals surface area contributed by atoms with E-state index < -0.39 is 23.5 Å². The average molecular weight is 452 g/mol. The summed E-state index contributed by atoms with van der Waals surface area (Å²) >= 11 is 0. The summed E-state index contributed by atoms with van der Waals surface area (Å²) in [5, 5.41) is 0. The Bertz CT molecular complexity index is 778. The number of aromatic nitrogens is 4. The van der Waals surface area contributed by atoms with Crippen LogP contribution in [-0.2, 0) is 31.8 Å². The second-order valence-electron chi connectivity index (χ2n) is 4.21. The number of hydrogen-bond donors (Lipinski definition) is 6. The number of nitrogens with zero attached hydrogens (tertiary/aromatic N) is 3. The molecular formula is C8H15N4O12P3. The Morgan fingerprint density at radius 3 is 1.93 bits per heavy atom. The smallest absolute Gasteiger partial charge is 0.353 e. The van der Waals surface area contributed by atoms with Gasteiger partial charge in [0.15, 0.2) is 5.65 Å². The van der Waals surface area contributed by atoms with Crippen molar-refractivity contribution in [2.75, 3.05) is 20.0 Å². The zero-order valence-electron chi connectivity index (χ0n) is 13.1. The third-order valence-electron chi connectivity index (χ3n) is 2.06. The highest BCUT2D eigenvalue weighted by atomic mass is 31.3. The van der Waals surface area contributed by atoms with Crippen molar-refractivity contribution in [3.8, 4) is 0 Å². The van der Waals surface area contributed by atoms with Crippen LogP contribution in [0, 0.1) is 0 Å². The Morgan fingerprint density at radius 2 is 1.52 bits per heavy atom. The molecule has 16 nitrogen and oxygen atoms in total. The third kappa shape index (κ3) is 12.0. The summed E-state index contributed by atoms with van der Waals surface area (Å²) in [6.07, 6.45) is 4.76. The van der Waals surface area contributed by atoms with E-state index in [1.54, 1.807) is 12.5 Å². The van der Waals surface area contributed by atoms with Gasteiger partial charge in [-0.3, -0.25) is 0 Å². The van der Waals surface area contributed by atoms with Gasteiger partial charge in [-0.05, 0) is 0 Å². The molecule has 0 aromatic carbocycles. The molecule has 27 heavy (non-hydrogen) atoms. The normalized spacial score (nSPS) is 14.9. The SMILES string of the molecule is C1COCO1.O=P(O)(O)OP(=O)(O)OP(=O)(O)O.c1ncc2[nH]cnc2n1. The molecule has 6 N–H and O–H groups in total. The number of phosphoric acid groups is 3. The number of fused-ring (bicyclic) bond motifs is 1. The van der Waals surface area contributed by atoms with E-state index in [1.165, 1.54) is 6.33 Å². The van der Waals surface area contributed by atoms with Crippen molar-refractivity contribution >= 4 is 34.6 Å². The predicted molar refractivity (Wildman–Crippen MR) is 84.5 cm³/mol. The summed E-state index contributed by atoms with van der Waals surface area (Å²) < 4.78 is 45.8. The van der Waals surface area contributed by atoms with Gasteiger partial charge < -0.3 is 38.9 Å². The van der Waals surface area contributed by atoms with Crippen LogP contribution >= 0.6 is 23.5 Å². The zero-order chi connectivity index (χ0) is 20.6. The van der Waals surface area contributed by atoms with E-state index in [0.717, 1.165) is 18.7 Å². The van der Waals surface area contributed by atoms with Gasteiger partial charge in [-0.2, -0.15) is 8.62 Å². The minimum Gasteiger partial charge on any atom is -0.353 e. The molecule has 0 saturated carbocycles. The van der Waals surface area contributed by atoms with Gasteiger partial charge in [-0.15, -0.1) is 0 Å². The summed E-state index contributed by atoms with van der Waals surface area (Å²) in [7, 11) is -16.2. The zero-order valence-corrected chi connectivity index (χ0v) is 15.8. The van der Waals surface area contributed by atoms with Crippen LogP contribution in [-0.4, -0.2) is 64.4 Å². The van der Waals surface area contributed by atoms with Gasteiger partial charge in [-0.1, -0.05) is 0 Å². The summed E-state index contributed by atoms with van der Waals surface area (Å²) in [6, 6.07) is 0. The van der Waals surface area contributed by atoms with E-state index >= 15 is 0 Å². The van der Waals surface area contributed by atoms with Crippen molar-refractivity contribution in [3.63, 3.8) is 0 Å². The van der Waals surface area contributed by atoms with Gasteiger partial charge in [0.05, 0.1) is 25.7 Å². The van der Waals surface area contributed by atoms with Crippen LogP contribution in [0.4, 0.5) is 0 Å². The monoisotopic (exact) mass is 452 g/mol. The summed E-state index contributed by atoms with van der Waals surface area (Å²) in [6.45, 7) is 2.06. The molecule has 154 valence electrons. The molecule has 19 heteroatoms. The molecular weight excluding hydrogens is 437 g/mol. The van der Waals surface area contributed by atoms with E-state index in [1.807, 2.05) is 0 Å². The van der Waals surface area contributed by atoms with Crippen LogP contribution in [0.1, 0.15) is 0 Å². The van der Waals surface area contributed by atoms with Crippen molar-refractivity contribution in [3.05, 3.63) is 18.9 Å². The molecule has 1 aliphatic rings. The topological polar surface area (TPSA) is 244 Å². The van der Waals surface area contributed by atoms with E-state index in [2.05, 4.69) is 28.6 Å². The predicted octanol–water partition coefficient (Wildman–Crippen LogP) is -0.351. The molecule has 3 rings (SSSR count). The molecule has 0 aliphatic carbocycles. The van der Waals surface area contributed by atoms with Gasteiger partial charge in [0.1, 0.15) is 18.6 Å². The van der Waals surface area contributed by atoms with Crippen molar-refractivity contribution in [1.82, 2.24) is 19.9 Å². The van der Waals surface area contributed by atoms with Crippen LogP contribution in [0.25, 0.3) is 11.2 Å². The molecule has 0 spiro atoms. The lowest BCUT2D eigenvalue weighted by Crippen LogP contribution is -1.91. The molecule has 0 bridgehead atoms. The minimum atomic E-state index is -5.46. The Morgan fingerprint density at radius 1 is 0.963 bits per heavy atom. The van der Waals surface area contributed by atoms with Crippen molar-refractivity contribution in [2.45, 2.75) is 0 Å². The quantitative estimate of drug-likeness (QED) is 0.325. The fourth-order valence-electron chi connectivity index (χ4n) is 1.27. The number of nitrogens with one attached hydrogen (secondary N) is 1. The third-order valence-corrected chi connectivity index (χ3v) is 5.41. The van der Waals surface area contributed by atoms with Crippen molar-refractivity contribution in [1.29, 1.82) is 0 Å². The van der Waals surface area contributed by atoms with Gasteiger partial charge in [0, 0.05) is 0 Å². The Balaban J connectivity index is 0.000000221. The van der Waals surface area contributed by atoms with E-state index in [9.17, 15) is 13.7 Å². The second kappa shape index (κ2) is 10.4. The number of aromatic amines is 1. The van der Waals surface area contributed by atoms with E-state index in [4.69, 9.17) is 33.9 Å². The van der Waals surface area contributed by atoms with Crippen LogP contribution < -0.4 is 0 Å². The maximum atomic E-state index is 10.4. The molecule has 0 radical (unpaired) electrons. The first-order valence-corrected chi connectivity index (χ1v) is 11.0. The molecule has 1 fully saturated rings. The first kappa shape index (κ1) is 23.9. The van der Waals surface area contributed by atoms with Crippen LogP contribution in [0.3, 0.4) is 0 Å². The van der Waals surface area contributed by atoms with Gasteiger partial charge in [0.2, 0.25) is 0 Å². The lowest BCUT2D eigenvalue weighted by molar-refractivity contribution is 0.0692. The molecule has 0 amide bonds. The van der Waals surface area contributed by atoms with Gasteiger partial charge in [-0.25, -0.2) is 28.6 Å². The molecule has 0 unspecified atom stereocenters. The summed E-state index contributed by atoms with van der Waals surface area (Å²) in [5.41, 5.74) is 1.59. The van der Waals surface area contributed by atoms with Crippen LogP contribution in [0.5, 0.6) is 0 Å². The number of rotatable bonds is 4. The Kier molecular flexibility index (Phi) is 9.24. The highest BCUT2D eigenvalue weighted by molar-refractivity contribution is 7.66. The standard InChI is InChI=1S/C5H4N4.C3H6O2.H5O10P3/c1-4-5(8-2-6-1)9-3-7-4;1-2-5-3-4-1;1-11(2,3)9-13(7,8)10-12(4,5)6/h1-3H,(H,6,7,8,9);1-3H2;(H,7,8)(H2,1,2,3)(H2,4,5,6). The van der Waals surface area contributed by atoms with Gasteiger partial charge in [0.25, 0.3) is 0 Å². The highest BCUT2D eigenvalue weighted by Gasteiger charge is 2.38. The molecule has 3 heterocycles. The fourth-order valence-corrected chi connectivity index (χ4v) is 3.81. The number of ether oxygens (including phenoxy) is 2. The fraction of sp³-hybridized carbons (Fsp3) is 0.375. The molecule has 2 aromatic heterocycles. The average Bonchev–Trinajstić information content (AvgIpc) is 3.17. The second-order valence-corrected chi connectivity index (χ2v) is 8.42. The van der Waals surface area contributed by atoms with Crippen LogP contribution in [0.15, 0.2) is 18.9 Å². The Hall–Kier alpha value is -1.12. The first-order chi connectivity index (χ1) is 12.4. The lowest BCUT2D eigenvalue weighted by Gasteiger charge is -2.11. The van der Waals surface area contributed by atoms with E-state index in [0.29, 0.717) is 12.4 Å². The van der Waals surface area contributed by atoms with Gasteiger partial charge >= 0.3 is 23.5 Å². The highest BCUT2D eigenvalue weighted by Crippen LogP contribution is 2.64. The van der Waals surface area contributed by atoms with Crippen molar-refractivity contribution in [2.24, 2.45) is 0 Å². The number of imidazole rings is 1. The molecule has 2 aromatic rings. The maximum Gasteiger partial charge on any atom is 0.490 e. The maximum absolute atomic E-state index is 10.4. The van der Waals surface area contributed by atoms with Crippen LogP contribution in [0.2, 0.25) is 0 Å².